The number of rotatable bonds is 7. The Kier molecular flexibility index (Phi) is 7.99. The van der Waals surface area contributed by atoms with Gasteiger partial charge in [0.2, 0.25) is 11.8 Å². The summed E-state index contributed by atoms with van der Waals surface area (Å²) in [5.74, 6) is 0.545. The molecule has 6 heteroatoms. The lowest BCUT2D eigenvalue weighted by atomic mass is 9.96. The summed E-state index contributed by atoms with van der Waals surface area (Å²) in [7, 11) is 0. The van der Waals surface area contributed by atoms with Crippen molar-refractivity contribution in [3.8, 4) is 0 Å². The normalized spacial score (nSPS) is 19.7. The van der Waals surface area contributed by atoms with Gasteiger partial charge in [0.25, 0.3) is 0 Å². The average molecular weight is 327 g/mol. The molecular formula is C17H33N3O3. The van der Waals surface area contributed by atoms with E-state index < -0.39 is 5.41 Å². The molecule has 1 aliphatic rings. The number of hydrogen-bond donors (Lipinski definition) is 2. The quantitative estimate of drug-likeness (QED) is 0.732. The summed E-state index contributed by atoms with van der Waals surface area (Å²) in [4.78, 5) is 25.9. The molecule has 1 unspecified atom stereocenters. The third-order valence-electron chi connectivity index (χ3n) is 3.69. The monoisotopic (exact) mass is 327 g/mol. The number of morpholine rings is 1. The van der Waals surface area contributed by atoms with Gasteiger partial charge in [-0.25, -0.2) is 0 Å². The number of amides is 2. The number of nitrogens with one attached hydrogen (secondary N) is 2. The van der Waals surface area contributed by atoms with Crippen LogP contribution in [-0.4, -0.2) is 62.1 Å². The van der Waals surface area contributed by atoms with Crippen molar-refractivity contribution in [1.82, 2.24) is 15.5 Å². The number of nitrogens with zero attached hydrogens (tertiary/aromatic N) is 1. The first-order chi connectivity index (χ1) is 10.7. The molecule has 134 valence electrons. The summed E-state index contributed by atoms with van der Waals surface area (Å²) in [5, 5.41) is 5.68. The Hall–Kier alpha value is -1.14. The minimum Gasteiger partial charge on any atom is -0.374 e. The first-order valence-corrected chi connectivity index (χ1v) is 8.57. The van der Waals surface area contributed by atoms with E-state index in [9.17, 15) is 9.59 Å². The minimum absolute atomic E-state index is 0.0368. The van der Waals surface area contributed by atoms with Crippen LogP contribution in [0.1, 0.15) is 41.0 Å². The van der Waals surface area contributed by atoms with E-state index in [0.29, 0.717) is 25.4 Å². The van der Waals surface area contributed by atoms with E-state index in [-0.39, 0.29) is 17.9 Å². The molecule has 0 aliphatic carbocycles. The molecular weight excluding hydrogens is 294 g/mol. The van der Waals surface area contributed by atoms with Crippen LogP contribution < -0.4 is 10.6 Å². The topological polar surface area (TPSA) is 70.7 Å². The Morgan fingerprint density at radius 3 is 2.57 bits per heavy atom. The SMILES string of the molecule is CC(C)CN1CCOC(CNC(=O)CCNC(=O)C(C)(C)C)C1. The Morgan fingerprint density at radius 1 is 1.26 bits per heavy atom. The molecule has 0 bridgehead atoms. The van der Waals surface area contributed by atoms with E-state index >= 15 is 0 Å². The second kappa shape index (κ2) is 9.23. The third-order valence-corrected chi connectivity index (χ3v) is 3.69. The van der Waals surface area contributed by atoms with Gasteiger partial charge in [0.15, 0.2) is 0 Å². The lowest BCUT2D eigenvalue weighted by Gasteiger charge is -2.33. The average Bonchev–Trinajstić information content (AvgIpc) is 2.43. The molecule has 6 nitrogen and oxygen atoms in total. The van der Waals surface area contributed by atoms with Crippen LogP contribution in [0.15, 0.2) is 0 Å². The first kappa shape index (κ1) is 19.9. The van der Waals surface area contributed by atoms with E-state index in [1.165, 1.54) is 0 Å². The lowest BCUT2D eigenvalue weighted by Crippen LogP contribution is -2.48. The van der Waals surface area contributed by atoms with Gasteiger partial charge in [0.1, 0.15) is 0 Å². The molecule has 0 saturated carbocycles. The highest BCUT2D eigenvalue weighted by Gasteiger charge is 2.22. The molecule has 0 spiro atoms. The van der Waals surface area contributed by atoms with E-state index in [1.807, 2.05) is 20.8 Å². The summed E-state index contributed by atoms with van der Waals surface area (Å²) in [6, 6.07) is 0. The van der Waals surface area contributed by atoms with Crippen LogP contribution in [0.4, 0.5) is 0 Å². The van der Waals surface area contributed by atoms with Crippen LogP contribution in [0, 0.1) is 11.3 Å². The molecule has 2 amide bonds. The van der Waals surface area contributed by atoms with E-state index in [2.05, 4.69) is 29.4 Å². The second-order valence-electron chi connectivity index (χ2n) is 7.71. The summed E-state index contributed by atoms with van der Waals surface area (Å²) in [6.07, 6.45) is 0.347. The van der Waals surface area contributed by atoms with Gasteiger partial charge in [-0.05, 0) is 5.92 Å². The maximum atomic E-state index is 11.8. The molecule has 0 aromatic carbocycles. The number of carbonyl (C=O) groups excluding carboxylic acids is 2. The Bertz CT molecular complexity index is 391. The van der Waals surface area contributed by atoms with Crippen LogP contribution in [-0.2, 0) is 14.3 Å². The van der Waals surface area contributed by atoms with Crippen molar-refractivity contribution in [2.24, 2.45) is 11.3 Å². The van der Waals surface area contributed by atoms with Crippen LogP contribution in [0.2, 0.25) is 0 Å². The zero-order chi connectivity index (χ0) is 17.5. The molecule has 1 aliphatic heterocycles. The maximum Gasteiger partial charge on any atom is 0.225 e. The van der Waals surface area contributed by atoms with Crippen molar-refractivity contribution in [2.75, 3.05) is 39.3 Å². The van der Waals surface area contributed by atoms with Gasteiger partial charge in [-0.15, -0.1) is 0 Å². The molecule has 23 heavy (non-hydrogen) atoms. The van der Waals surface area contributed by atoms with Crippen molar-refractivity contribution in [3.05, 3.63) is 0 Å². The number of ether oxygens (including phenoxy) is 1. The van der Waals surface area contributed by atoms with E-state index in [1.54, 1.807) is 0 Å². The van der Waals surface area contributed by atoms with Gasteiger partial charge in [-0.1, -0.05) is 34.6 Å². The van der Waals surface area contributed by atoms with Gasteiger partial charge in [0, 0.05) is 44.6 Å². The fourth-order valence-corrected chi connectivity index (χ4v) is 2.46. The molecule has 0 aromatic heterocycles. The van der Waals surface area contributed by atoms with Crippen LogP contribution in [0.5, 0.6) is 0 Å². The fourth-order valence-electron chi connectivity index (χ4n) is 2.46. The highest BCUT2D eigenvalue weighted by Crippen LogP contribution is 2.12. The zero-order valence-corrected chi connectivity index (χ0v) is 15.3. The minimum atomic E-state index is -0.424. The van der Waals surface area contributed by atoms with Crippen LogP contribution in [0.3, 0.4) is 0 Å². The van der Waals surface area contributed by atoms with Crippen molar-refractivity contribution >= 4 is 11.8 Å². The standard InChI is InChI=1S/C17H33N3O3/c1-13(2)11-20-8-9-23-14(12-20)10-19-15(21)6-7-18-16(22)17(3,4)5/h13-14H,6-12H2,1-5H3,(H,18,22)(H,19,21). The van der Waals surface area contributed by atoms with Crippen molar-refractivity contribution in [2.45, 2.75) is 47.1 Å². The molecule has 1 rings (SSSR count). The van der Waals surface area contributed by atoms with Gasteiger partial charge in [0.05, 0.1) is 12.7 Å². The van der Waals surface area contributed by atoms with Gasteiger partial charge in [-0.3, -0.25) is 14.5 Å². The third kappa shape index (κ3) is 8.32. The molecule has 1 atom stereocenters. The predicted octanol–water partition coefficient (Wildman–Crippen LogP) is 1.01. The zero-order valence-electron chi connectivity index (χ0n) is 15.3. The summed E-state index contributed by atoms with van der Waals surface area (Å²) < 4.78 is 5.70. The fraction of sp³-hybridized carbons (Fsp3) is 0.882. The maximum absolute atomic E-state index is 11.8. The Labute approximate surface area is 140 Å². The summed E-state index contributed by atoms with van der Waals surface area (Å²) in [6.45, 7) is 14.5. The van der Waals surface area contributed by atoms with Crippen molar-refractivity contribution < 1.29 is 14.3 Å². The van der Waals surface area contributed by atoms with Gasteiger partial charge < -0.3 is 15.4 Å². The van der Waals surface area contributed by atoms with Crippen molar-refractivity contribution in [3.63, 3.8) is 0 Å². The first-order valence-electron chi connectivity index (χ1n) is 8.57. The van der Waals surface area contributed by atoms with Crippen molar-refractivity contribution in [1.29, 1.82) is 0 Å². The molecule has 1 saturated heterocycles. The van der Waals surface area contributed by atoms with Gasteiger partial charge in [-0.2, -0.15) is 0 Å². The van der Waals surface area contributed by atoms with Gasteiger partial charge >= 0.3 is 0 Å². The molecule has 1 heterocycles. The predicted molar refractivity (Wildman–Crippen MR) is 91.1 cm³/mol. The van der Waals surface area contributed by atoms with E-state index in [4.69, 9.17) is 4.74 Å². The summed E-state index contributed by atoms with van der Waals surface area (Å²) >= 11 is 0. The van der Waals surface area contributed by atoms with Crippen LogP contribution >= 0.6 is 0 Å². The molecule has 0 aromatic rings. The molecule has 1 fully saturated rings. The largest absolute Gasteiger partial charge is 0.374 e. The highest BCUT2D eigenvalue weighted by molar-refractivity contribution is 5.82. The Balaban J connectivity index is 2.19. The van der Waals surface area contributed by atoms with Crippen LogP contribution in [0.25, 0.3) is 0 Å². The number of hydrogen-bond acceptors (Lipinski definition) is 4. The highest BCUT2D eigenvalue weighted by atomic mass is 16.5. The molecule has 0 radical (unpaired) electrons. The smallest absolute Gasteiger partial charge is 0.225 e. The summed E-state index contributed by atoms with van der Waals surface area (Å²) in [5.41, 5.74) is -0.424. The number of carbonyl (C=O) groups is 2. The van der Waals surface area contributed by atoms with E-state index in [0.717, 1.165) is 26.2 Å². The Morgan fingerprint density at radius 2 is 1.96 bits per heavy atom. The second-order valence-corrected chi connectivity index (χ2v) is 7.71. The lowest BCUT2D eigenvalue weighted by molar-refractivity contribution is -0.128. The molecule has 2 N–H and O–H groups in total.